The smallest absolute Gasteiger partial charge is 0.241 e. The topological polar surface area (TPSA) is 81.9 Å². The van der Waals surface area contributed by atoms with Crippen molar-refractivity contribution in [1.82, 2.24) is 4.90 Å². The van der Waals surface area contributed by atoms with Crippen LogP contribution >= 0.6 is 11.8 Å². The Morgan fingerprint density at radius 1 is 0.923 bits per heavy atom. The number of amides is 1. The van der Waals surface area contributed by atoms with Crippen LogP contribution in [0.4, 0.5) is 0 Å². The highest BCUT2D eigenvalue weighted by molar-refractivity contribution is 8.01. The summed E-state index contributed by atoms with van der Waals surface area (Å²) in [7, 11) is 3.27. The molecule has 3 unspecified atom stereocenters. The minimum Gasteiger partial charge on any atom is -0.497 e. The second kappa shape index (κ2) is 12.6. The maximum Gasteiger partial charge on any atom is 0.241 e. The number of ether oxygens (including phenoxy) is 2. The number of β-lactam (4-membered cyclic amide) rings is 1. The molecule has 0 saturated carbocycles. The zero-order valence-corrected chi connectivity index (χ0v) is 23.7. The first-order chi connectivity index (χ1) is 18.8. The Morgan fingerprint density at radius 2 is 1.44 bits per heavy atom. The summed E-state index contributed by atoms with van der Waals surface area (Å²) in [4.78, 5) is 28.7. The van der Waals surface area contributed by atoms with Crippen LogP contribution in [0.15, 0.2) is 83.8 Å². The lowest BCUT2D eigenvalue weighted by atomic mass is 9.77. The first-order valence-corrected chi connectivity index (χ1v) is 14.1. The van der Waals surface area contributed by atoms with Crippen molar-refractivity contribution in [3.05, 3.63) is 100 Å². The fourth-order valence-corrected chi connectivity index (χ4v) is 6.80. The number of thioether (sulfide) groups is 1. The maximum atomic E-state index is 14.2. The number of benzene rings is 3. The Bertz CT molecular complexity index is 1200. The van der Waals surface area contributed by atoms with Crippen molar-refractivity contribution in [1.29, 1.82) is 0 Å². The molecule has 1 fully saturated rings. The van der Waals surface area contributed by atoms with Crippen LogP contribution in [0.3, 0.4) is 0 Å². The van der Waals surface area contributed by atoms with Crippen LogP contribution in [-0.4, -0.2) is 52.8 Å². The van der Waals surface area contributed by atoms with Crippen molar-refractivity contribution in [2.45, 2.75) is 67.3 Å². The third-order valence-electron chi connectivity index (χ3n) is 7.62. The number of hydrogen-bond acceptors (Lipinski definition) is 6. The van der Waals surface area contributed by atoms with Gasteiger partial charge in [-0.3, -0.25) is 14.9 Å². The molecule has 1 amide bonds. The molecule has 1 aliphatic heterocycles. The molecule has 3 aromatic carbocycles. The highest BCUT2D eigenvalue weighted by atomic mass is 32.2. The van der Waals surface area contributed by atoms with Crippen LogP contribution in [0.2, 0.25) is 0 Å². The van der Waals surface area contributed by atoms with E-state index in [1.165, 1.54) is 0 Å². The van der Waals surface area contributed by atoms with E-state index in [-0.39, 0.29) is 22.9 Å². The number of methoxy groups -OCH3 is 2. The number of nitro groups is 1. The predicted molar refractivity (Wildman–Crippen MR) is 154 cm³/mol. The van der Waals surface area contributed by atoms with E-state index in [1.807, 2.05) is 90.7 Å². The zero-order chi connectivity index (χ0) is 28.0. The fourth-order valence-electron chi connectivity index (χ4n) is 5.40. The molecule has 0 aliphatic carbocycles. The van der Waals surface area contributed by atoms with Crippen molar-refractivity contribution >= 4 is 17.7 Å². The molecule has 4 rings (SSSR count). The predicted octanol–water partition coefficient (Wildman–Crippen LogP) is 6.06. The summed E-state index contributed by atoms with van der Waals surface area (Å²) < 4.78 is 9.91. The molecule has 7 nitrogen and oxygen atoms in total. The van der Waals surface area contributed by atoms with E-state index in [0.29, 0.717) is 25.7 Å². The second-order valence-electron chi connectivity index (χ2n) is 10.0. The Labute approximate surface area is 234 Å². The summed E-state index contributed by atoms with van der Waals surface area (Å²) in [6.07, 6.45) is 2.14. The van der Waals surface area contributed by atoms with Gasteiger partial charge in [0.2, 0.25) is 11.9 Å². The molecule has 1 aliphatic rings. The normalized spacial score (nSPS) is 19.5. The number of hydrogen-bond donors (Lipinski definition) is 0. The lowest BCUT2D eigenvalue weighted by Gasteiger charge is -2.58. The van der Waals surface area contributed by atoms with Crippen molar-refractivity contribution in [3.63, 3.8) is 0 Å². The van der Waals surface area contributed by atoms with Crippen LogP contribution in [0.5, 0.6) is 11.5 Å². The Balaban J connectivity index is 1.71. The van der Waals surface area contributed by atoms with Crippen molar-refractivity contribution < 1.29 is 19.2 Å². The molecule has 1 saturated heterocycles. The van der Waals surface area contributed by atoms with E-state index in [1.54, 1.807) is 32.9 Å². The molecule has 3 atom stereocenters. The number of rotatable bonds is 13. The molecular formula is C31H36N2O5S. The molecule has 0 aromatic heterocycles. The molecule has 0 spiro atoms. The lowest BCUT2D eigenvalue weighted by molar-refractivity contribution is -0.520. The van der Waals surface area contributed by atoms with E-state index in [9.17, 15) is 14.9 Å². The monoisotopic (exact) mass is 548 g/mol. The van der Waals surface area contributed by atoms with Crippen molar-refractivity contribution in [2.75, 3.05) is 14.2 Å². The van der Waals surface area contributed by atoms with Gasteiger partial charge in [0.1, 0.15) is 16.2 Å². The minimum absolute atomic E-state index is 0.0476. The Hall–Kier alpha value is -3.52. The van der Waals surface area contributed by atoms with Gasteiger partial charge in [0.15, 0.2) is 0 Å². The van der Waals surface area contributed by atoms with Crippen molar-refractivity contribution in [2.24, 2.45) is 0 Å². The third kappa shape index (κ3) is 6.22. The van der Waals surface area contributed by atoms with Crippen LogP contribution in [0.25, 0.3) is 0 Å². The Kier molecular flexibility index (Phi) is 9.17. The van der Waals surface area contributed by atoms with Gasteiger partial charge in [-0.15, -0.1) is 11.8 Å². The molecule has 0 N–H and O–H groups in total. The van der Waals surface area contributed by atoms with Gasteiger partial charge >= 0.3 is 0 Å². The van der Waals surface area contributed by atoms with E-state index in [4.69, 9.17) is 9.47 Å². The summed E-state index contributed by atoms with van der Waals surface area (Å²) >= 11 is 1.54. The fraction of sp³-hybridized carbons (Fsp3) is 0.387. The van der Waals surface area contributed by atoms with Gasteiger partial charge < -0.3 is 14.4 Å². The molecular weight excluding hydrogens is 512 g/mol. The van der Waals surface area contributed by atoms with E-state index < -0.39 is 10.8 Å². The molecule has 0 bridgehead atoms. The standard InChI is InChI=1S/C31H36N2O5S/c1-5-31(39-28-9-7-6-8-10-28)29(19-22(2)33(35)36)32(30(31)34)25(20-23-11-15-26(37-3)16-12-23)21-24-13-17-27(38-4)18-14-24/h6-18,22,25,29H,5,19-21H2,1-4H3. The van der Waals surface area contributed by atoms with Gasteiger partial charge in [-0.2, -0.15) is 0 Å². The van der Waals surface area contributed by atoms with E-state index in [0.717, 1.165) is 27.5 Å². The minimum atomic E-state index is -0.768. The lowest BCUT2D eigenvalue weighted by Crippen LogP contribution is -2.75. The van der Waals surface area contributed by atoms with Gasteiger partial charge in [-0.25, -0.2) is 0 Å². The number of likely N-dealkylation sites (tertiary alicyclic amines) is 1. The van der Waals surface area contributed by atoms with Gasteiger partial charge in [-0.05, 0) is 66.8 Å². The molecule has 39 heavy (non-hydrogen) atoms. The van der Waals surface area contributed by atoms with Gasteiger partial charge in [0.25, 0.3) is 0 Å². The SMILES string of the molecule is CCC1(Sc2ccccc2)C(=O)N(C(Cc2ccc(OC)cc2)Cc2ccc(OC)cc2)C1CC(C)[N+](=O)[O-]. The van der Waals surface area contributed by atoms with Gasteiger partial charge in [0, 0.05) is 29.2 Å². The van der Waals surface area contributed by atoms with Crippen molar-refractivity contribution in [3.8, 4) is 11.5 Å². The number of nitrogens with zero attached hydrogens (tertiary/aromatic N) is 2. The van der Waals surface area contributed by atoms with Crippen LogP contribution in [-0.2, 0) is 17.6 Å². The van der Waals surface area contributed by atoms with Crippen LogP contribution < -0.4 is 9.47 Å². The summed E-state index contributed by atoms with van der Waals surface area (Å²) in [5.41, 5.74) is 2.15. The molecule has 8 heteroatoms. The van der Waals surface area contributed by atoms with Crippen LogP contribution in [0, 0.1) is 10.1 Å². The highest BCUT2D eigenvalue weighted by Crippen LogP contribution is 2.51. The molecule has 3 aromatic rings. The second-order valence-corrected chi connectivity index (χ2v) is 11.4. The Morgan fingerprint density at radius 3 is 1.87 bits per heavy atom. The van der Waals surface area contributed by atoms with E-state index >= 15 is 0 Å². The summed E-state index contributed by atoms with van der Waals surface area (Å²) in [6, 6.07) is 24.4. The summed E-state index contributed by atoms with van der Waals surface area (Å²) in [5.74, 6) is 1.59. The quantitative estimate of drug-likeness (QED) is 0.147. The number of carbonyl (C=O) groups excluding carboxylic acids is 1. The summed E-state index contributed by atoms with van der Waals surface area (Å²) in [5, 5.41) is 11.8. The maximum absolute atomic E-state index is 14.2. The average Bonchev–Trinajstić information content (AvgIpc) is 2.96. The van der Waals surface area contributed by atoms with Gasteiger partial charge in [-0.1, -0.05) is 49.4 Å². The average molecular weight is 549 g/mol. The molecule has 206 valence electrons. The highest BCUT2D eigenvalue weighted by Gasteiger charge is 2.62. The summed E-state index contributed by atoms with van der Waals surface area (Å²) in [6.45, 7) is 3.65. The zero-order valence-electron chi connectivity index (χ0n) is 22.9. The number of carbonyl (C=O) groups is 1. The molecule has 1 heterocycles. The largest absolute Gasteiger partial charge is 0.497 e. The van der Waals surface area contributed by atoms with Gasteiger partial charge in [0.05, 0.1) is 20.3 Å². The first kappa shape index (κ1) is 28.5. The molecule has 0 radical (unpaired) electrons. The van der Waals surface area contributed by atoms with E-state index in [2.05, 4.69) is 0 Å². The van der Waals surface area contributed by atoms with Crippen LogP contribution in [0.1, 0.15) is 37.8 Å². The first-order valence-electron chi connectivity index (χ1n) is 13.3. The third-order valence-corrected chi connectivity index (χ3v) is 9.22.